The summed E-state index contributed by atoms with van der Waals surface area (Å²) in [6, 6.07) is 8.46. The molecule has 0 saturated carbocycles. The monoisotopic (exact) mass is 371 g/mol. The third-order valence-electron chi connectivity index (χ3n) is 3.51. The first-order valence-electron chi connectivity index (χ1n) is 7.11. The summed E-state index contributed by atoms with van der Waals surface area (Å²) < 4.78 is 0. The van der Waals surface area contributed by atoms with E-state index in [1.807, 2.05) is 12.4 Å². The molecule has 115 valence electrons. The zero-order valence-corrected chi connectivity index (χ0v) is 15.3. The number of hydrogen-bond acceptors (Lipinski definition) is 2. The van der Waals surface area contributed by atoms with E-state index in [1.165, 1.54) is 11.1 Å². The molecule has 0 bridgehead atoms. The van der Waals surface area contributed by atoms with Gasteiger partial charge in [0.2, 0.25) is 0 Å². The molecule has 0 N–H and O–H groups in total. The van der Waals surface area contributed by atoms with Crippen molar-refractivity contribution in [3.8, 4) is 11.4 Å². The summed E-state index contributed by atoms with van der Waals surface area (Å²) in [4.78, 5) is 8.97. The molecular weight excluding hydrogens is 347 g/mol. The fourth-order valence-electron chi connectivity index (χ4n) is 2.07. The van der Waals surface area contributed by atoms with Crippen molar-refractivity contribution in [1.82, 2.24) is 9.97 Å². The van der Waals surface area contributed by atoms with Crippen molar-refractivity contribution in [3.05, 3.63) is 47.8 Å². The van der Waals surface area contributed by atoms with Crippen molar-refractivity contribution in [1.29, 1.82) is 0 Å². The molecule has 0 aliphatic heterocycles. The number of pyridine rings is 2. The molecule has 2 rings (SSSR count). The van der Waals surface area contributed by atoms with E-state index >= 15 is 0 Å². The van der Waals surface area contributed by atoms with Gasteiger partial charge in [-0.2, -0.15) is 0 Å². The first kappa shape index (κ1) is 18.0. The second-order valence-electron chi connectivity index (χ2n) is 7.36. The Morgan fingerprint density at radius 3 is 1.29 bits per heavy atom. The van der Waals surface area contributed by atoms with Gasteiger partial charge in [0.1, 0.15) is 0 Å². The van der Waals surface area contributed by atoms with Gasteiger partial charge in [0.05, 0.1) is 11.4 Å². The van der Waals surface area contributed by atoms with Crippen molar-refractivity contribution < 1.29 is 19.5 Å². The van der Waals surface area contributed by atoms with Gasteiger partial charge in [-0.3, -0.25) is 9.97 Å². The fraction of sp³-hybridized carbons (Fsp3) is 0.444. The maximum Gasteiger partial charge on any atom is 0.0889 e. The summed E-state index contributed by atoms with van der Waals surface area (Å²) in [5.41, 5.74) is 4.71. The molecule has 0 aliphatic rings. The van der Waals surface area contributed by atoms with Crippen LogP contribution in [0.2, 0.25) is 0 Å². The van der Waals surface area contributed by atoms with Crippen molar-refractivity contribution in [2.75, 3.05) is 0 Å². The van der Waals surface area contributed by atoms with Crippen molar-refractivity contribution in [2.45, 2.75) is 52.4 Å². The van der Waals surface area contributed by atoms with Crippen LogP contribution >= 0.6 is 0 Å². The standard InChI is InChI=1S/C18H24N2.Rh/c1-17(2,3)13-7-9-19-15(11-13)16-12-14(8-10-20-16)18(4,5)6;/h7-12H,1-6H3;. The van der Waals surface area contributed by atoms with Gasteiger partial charge in [0.15, 0.2) is 0 Å². The van der Waals surface area contributed by atoms with Crippen LogP contribution in [0.25, 0.3) is 11.4 Å². The molecule has 0 atom stereocenters. The van der Waals surface area contributed by atoms with Gasteiger partial charge < -0.3 is 0 Å². The molecule has 2 heterocycles. The maximum absolute atomic E-state index is 4.48. The summed E-state index contributed by atoms with van der Waals surface area (Å²) in [5.74, 6) is 0. The van der Waals surface area contributed by atoms with Gasteiger partial charge in [-0.25, -0.2) is 0 Å². The molecule has 21 heavy (non-hydrogen) atoms. The molecular formula is C18H24N2Rh. The fourth-order valence-corrected chi connectivity index (χ4v) is 2.07. The van der Waals surface area contributed by atoms with E-state index in [0.717, 1.165) is 11.4 Å². The molecule has 2 aromatic rings. The molecule has 0 saturated heterocycles. The van der Waals surface area contributed by atoms with Crippen LogP contribution in [0, 0.1) is 0 Å². The van der Waals surface area contributed by atoms with E-state index in [4.69, 9.17) is 0 Å². The van der Waals surface area contributed by atoms with Gasteiger partial charge >= 0.3 is 0 Å². The van der Waals surface area contributed by atoms with Crippen molar-refractivity contribution >= 4 is 0 Å². The Bertz CT molecular complexity index is 552. The Balaban J connectivity index is 0.00000220. The van der Waals surface area contributed by atoms with Crippen molar-refractivity contribution in [2.24, 2.45) is 0 Å². The Labute approximate surface area is 141 Å². The molecule has 1 radical (unpaired) electrons. The van der Waals surface area contributed by atoms with Crippen LogP contribution in [-0.4, -0.2) is 9.97 Å². The third kappa shape index (κ3) is 4.44. The van der Waals surface area contributed by atoms with Crippen LogP contribution in [0.3, 0.4) is 0 Å². The predicted octanol–water partition coefficient (Wildman–Crippen LogP) is 4.74. The van der Waals surface area contributed by atoms with Gasteiger partial charge in [0, 0.05) is 31.9 Å². The minimum absolute atomic E-state index is 0. The smallest absolute Gasteiger partial charge is 0.0889 e. The molecule has 2 nitrogen and oxygen atoms in total. The first-order valence-corrected chi connectivity index (χ1v) is 7.11. The zero-order chi connectivity index (χ0) is 15.0. The minimum atomic E-state index is 0. The molecule has 0 fully saturated rings. The largest absolute Gasteiger partial charge is 0.255 e. The number of rotatable bonds is 1. The molecule has 0 aliphatic carbocycles. The van der Waals surface area contributed by atoms with Crippen LogP contribution in [0.4, 0.5) is 0 Å². The van der Waals surface area contributed by atoms with E-state index in [1.54, 1.807) is 0 Å². The topological polar surface area (TPSA) is 25.8 Å². The van der Waals surface area contributed by atoms with E-state index in [-0.39, 0.29) is 30.3 Å². The Morgan fingerprint density at radius 2 is 1.00 bits per heavy atom. The predicted molar refractivity (Wildman–Crippen MR) is 84.9 cm³/mol. The summed E-state index contributed by atoms with van der Waals surface area (Å²) in [7, 11) is 0. The summed E-state index contributed by atoms with van der Waals surface area (Å²) >= 11 is 0. The van der Waals surface area contributed by atoms with Gasteiger partial charge in [-0.15, -0.1) is 0 Å². The Hall–Kier alpha value is -1.08. The Kier molecular flexibility index (Phi) is 5.44. The summed E-state index contributed by atoms with van der Waals surface area (Å²) in [6.07, 6.45) is 3.75. The minimum Gasteiger partial charge on any atom is -0.255 e. The first-order chi connectivity index (χ1) is 9.18. The number of nitrogens with zero attached hydrogens (tertiary/aromatic N) is 2. The molecule has 0 spiro atoms. The molecule has 2 aromatic heterocycles. The SMILES string of the molecule is CC(C)(C)c1ccnc(-c2cc(C(C)(C)C)ccn2)c1.[Rh]. The van der Waals surface area contributed by atoms with E-state index < -0.39 is 0 Å². The Morgan fingerprint density at radius 1 is 0.667 bits per heavy atom. The van der Waals surface area contributed by atoms with Gasteiger partial charge in [-0.1, -0.05) is 41.5 Å². The second kappa shape index (κ2) is 6.36. The average Bonchev–Trinajstić information content (AvgIpc) is 2.37. The number of aromatic nitrogens is 2. The van der Waals surface area contributed by atoms with Gasteiger partial charge in [-0.05, 0) is 46.2 Å². The van der Waals surface area contributed by atoms with Crippen LogP contribution < -0.4 is 0 Å². The van der Waals surface area contributed by atoms with Crippen molar-refractivity contribution in [3.63, 3.8) is 0 Å². The molecule has 0 unspecified atom stereocenters. The van der Waals surface area contributed by atoms with E-state index in [2.05, 4.69) is 75.8 Å². The van der Waals surface area contributed by atoms with Crippen LogP contribution in [-0.2, 0) is 30.3 Å². The normalized spacial score (nSPS) is 11.9. The summed E-state index contributed by atoms with van der Waals surface area (Å²) in [5, 5.41) is 0. The second-order valence-corrected chi connectivity index (χ2v) is 7.36. The van der Waals surface area contributed by atoms with Gasteiger partial charge in [0.25, 0.3) is 0 Å². The molecule has 0 amide bonds. The average molecular weight is 371 g/mol. The van der Waals surface area contributed by atoms with Crippen LogP contribution in [0.5, 0.6) is 0 Å². The third-order valence-corrected chi connectivity index (χ3v) is 3.51. The molecule has 3 heteroatoms. The zero-order valence-electron chi connectivity index (χ0n) is 13.7. The quantitative estimate of drug-likeness (QED) is 0.677. The van der Waals surface area contributed by atoms with Crippen LogP contribution in [0.1, 0.15) is 52.7 Å². The van der Waals surface area contributed by atoms with Crippen LogP contribution in [0.15, 0.2) is 36.7 Å². The summed E-state index contributed by atoms with van der Waals surface area (Å²) in [6.45, 7) is 13.3. The maximum atomic E-state index is 4.48. The number of hydrogen-bond donors (Lipinski definition) is 0. The molecule has 0 aromatic carbocycles. The van der Waals surface area contributed by atoms with E-state index in [9.17, 15) is 0 Å². The van der Waals surface area contributed by atoms with E-state index in [0.29, 0.717) is 0 Å².